The van der Waals surface area contributed by atoms with Gasteiger partial charge in [0.2, 0.25) is 5.78 Å². The van der Waals surface area contributed by atoms with Crippen LogP contribution in [0, 0.1) is 35.5 Å². The number of nitrogens with zero attached hydrogens (tertiary/aromatic N) is 2. The van der Waals surface area contributed by atoms with E-state index in [1.54, 1.807) is 13.8 Å². The number of carbonyl (C=O) groups excluding carboxylic acids is 3. The summed E-state index contributed by atoms with van der Waals surface area (Å²) in [6.07, 6.45) is 4.65. The van der Waals surface area contributed by atoms with E-state index in [4.69, 9.17) is 14.6 Å². The maximum absolute atomic E-state index is 18.2. The largest absolute Gasteiger partial charge is 0.457 e. The number of Topliss-reactive ketones (excluding diaryl/α,β-unsaturated/α-hetero) is 1. The molecular formula is C36H45FN2O6. The molecule has 0 unspecified atom stereocenters. The Kier molecular flexibility index (Phi) is 7.66. The molecule has 4 aliphatic rings. The zero-order valence-corrected chi connectivity index (χ0v) is 27.2. The second-order valence-electron chi connectivity index (χ2n) is 14.3. The van der Waals surface area contributed by atoms with E-state index in [9.17, 15) is 19.5 Å². The maximum atomic E-state index is 18.2. The molecule has 4 aliphatic carbocycles. The number of halogens is 1. The van der Waals surface area contributed by atoms with Crippen molar-refractivity contribution in [3.63, 3.8) is 0 Å². The molecular weight excluding hydrogens is 575 g/mol. The first-order valence-electron chi connectivity index (χ1n) is 16.4. The average Bonchev–Trinajstić information content (AvgIpc) is 3.51. The fraction of sp³-hybridized carbons (Fsp3) is 0.611. The lowest BCUT2D eigenvalue weighted by Gasteiger charge is -2.63. The molecule has 8 nitrogen and oxygen atoms in total. The van der Waals surface area contributed by atoms with Gasteiger partial charge in [-0.05, 0) is 68.7 Å². The van der Waals surface area contributed by atoms with Gasteiger partial charge in [0.25, 0.3) is 0 Å². The van der Waals surface area contributed by atoms with Crippen LogP contribution in [0.3, 0.4) is 0 Å². The third-order valence-electron chi connectivity index (χ3n) is 12.0. The predicted molar refractivity (Wildman–Crippen MR) is 166 cm³/mol. The number of alkyl halides is 1. The molecule has 2 aromatic rings. The van der Waals surface area contributed by atoms with Crippen molar-refractivity contribution in [1.29, 1.82) is 0 Å². The molecule has 242 valence electrons. The molecule has 3 saturated carbocycles. The van der Waals surface area contributed by atoms with E-state index in [-0.39, 0.29) is 25.2 Å². The fourth-order valence-electron chi connectivity index (χ4n) is 9.68. The van der Waals surface area contributed by atoms with Gasteiger partial charge in [0.1, 0.15) is 5.67 Å². The topological polar surface area (TPSA) is 108 Å². The lowest BCUT2D eigenvalue weighted by Crippen LogP contribution is -2.70. The van der Waals surface area contributed by atoms with E-state index < -0.39 is 64.4 Å². The van der Waals surface area contributed by atoms with Crippen molar-refractivity contribution in [3.05, 3.63) is 52.9 Å². The van der Waals surface area contributed by atoms with Crippen molar-refractivity contribution in [1.82, 2.24) is 9.78 Å². The van der Waals surface area contributed by atoms with Gasteiger partial charge in [0.15, 0.2) is 12.2 Å². The molecule has 0 saturated heterocycles. The monoisotopic (exact) mass is 620 g/mol. The van der Waals surface area contributed by atoms with E-state index in [0.717, 1.165) is 28.1 Å². The number of fused-ring (bicyclic) bond motifs is 6. The smallest absolute Gasteiger partial charge is 0.306 e. The van der Waals surface area contributed by atoms with Gasteiger partial charge in [0, 0.05) is 41.7 Å². The van der Waals surface area contributed by atoms with Crippen LogP contribution in [-0.2, 0) is 30.3 Å². The molecule has 0 spiro atoms. The Morgan fingerprint density at radius 3 is 2.44 bits per heavy atom. The first kappa shape index (κ1) is 31.6. The zero-order chi connectivity index (χ0) is 32.5. The normalized spacial score (nSPS) is 36.6. The number of hydrogen-bond acceptors (Lipinski definition) is 7. The number of hydrogen-bond donors (Lipinski definition) is 1. The Labute approximate surface area is 264 Å². The molecule has 9 heteroatoms. The van der Waals surface area contributed by atoms with Gasteiger partial charge in [-0.3, -0.25) is 14.4 Å². The second kappa shape index (κ2) is 10.9. The highest BCUT2D eigenvalue weighted by molar-refractivity contribution is 5.93. The van der Waals surface area contributed by atoms with Gasteiger partial charge in [-0.15, -0.1) is 0 Å². The van der Waals surface area contributed by atoms with Crippen LogP contribution in [0.15, 0.2) is 36.0 Å². The number of allylic oxidation sites excluding steroid dienone is 1. The molecule has 0 radical (unpaired) electrons. The Hall–Kier alpha value is -3.33. The number of aromatic nitrogens is 2. The molecule has 1 aromatic carbocycles. The number of aryl methyl sites for hydroxylation is 1. The van der Waals surface area contributed by atoms with Crippen molar-refractivity contribution in [3.8, 4) is 5.69 Å². The number of carbonyl (C=O) groups is 3. The summed E-state index contributed by atoms with van der Waals surface area (Å²) < 4.78 is 31.5. The van der Waals surface area contributed by atoms with Crippen LogP contribution in [0.2, 0.25) is 0 Å². The van der Waals surface area contributed by atoms with Crippen LogP contribution < -0.4 is 0 Å². The number of aliphatic hydroxyl groups is 1. The highest BCUT2D eigenvalue weighted by atomic mass is 19.1. The Balaban J connectivity index is 1.38. The van der Waals surface area contributed by atoms with Crippen molar-refractivity contribution in [2.75, 3.05) is 6.61 Å². The zero-order valence-electron chi connectivity index (χ0n) is 27.2. The number of ether oxygens (including phenoxy) is 2. The number of ketones is 1. The lowest BCUT2D eigenvalue weighted by atomic mass is 9.43. The molecule has 8 atom stereocenters. The summed E-state index contributed by atoms with van der Waals surface area (Å²) in [6.45, 7) is 10.5. The predicted octanol–water partition coefficient (Wildman–Crippen LogP) is 5.89. The van der Waals surface area contributed by atoms with Crippen LogP contribution >= 0.6 is 0 Å². The molecule has 0 amide bonds. The molecule has 6 rings (SSSR count). The fourth-order valence-corrected chi connectivity index (χ4v) is 9.68. The van der Waals surface area contributed by atoms with Crippen LogP contribution in [0.1, 0.15) is 90.0 Å². The van der Waals surface area contributed by atoms with Crippen LogP contribution in [-0.4, -0.2) is 56.6 Å². The van der Waals surface area contributed by atoms with E-state index >= 15 is 4.39 Å². The van der Waals surface area contributed by atoms with Crippen molar-refractivity contribution < 1.29 is 33.4 Å². The Bertz CT molecular complexity index is 1570. The van der Waals surface area contributed by atoms with Crippen molar-refractivity contribution >= 4 is 23.8 Å². The van der Waals surface area contributed by atoms with Crippen molar-refractivity contribution in [2.24, 2.45) is 28.6 Å². The summed E-state index contributed by atoms with van der Waals surface area (Å²) in [7, 11) is 0. The molecule has 1 aromatic heterocycles. The van der Waals surface area contributed by atoms with Gasteiger partial charge >= 0.3 is 11.9 Å². The number of rotatable bonds is 7. The van der Waals surface area contributed by atoms with E-state index in [1.807, 2.05) is 68.9 Å². The highest BCUT2D eigenvalue weighted by Crippen LogP contribution is 2.72. The molecule has 0 bridgehead atoms. The minimum absolute atomic E-state index is 0.0567. The number of aliphatic hydroxyl groups excluding tert-OH is 1. The second-order valence-corrected chi connectivity index (χ2v) is 14.3. The van der Waals surface area contributed by atoms with E-state index in [0.29, 0.717) is 25.7 Å². The SMILES string of the molecule is CCC(=O)OCC(=O)[C@@]1(OC(=O)CC)[C@@H](C)C[C@H]2[C@@H]3CCC4=Cc5nn(-c6ccc(C)cc6)cc5C[C@]4(C)[C@@]3(F)[C@@H](O)C[C@@]21C. The van der Waals surface area contributed by atoms with Crippen molar-refractivity contribution in [2.45, 2.75) is 104 Å². The third kappa shape index (κ3) is 4.39. The summed E-state index contributed by atoms with van der Waals surface area (Å²) >= 11 is 0. The summed E-state index contributed by atoms with van der Waals surface area (Å²) in [4.78, 5) is 39.0. The third-order valence-corrected chi connectivity index (χ3v) is 12.0. The minimum Gasteiger partial charge on any atom is -0.457 e. The van der Waals surface area contributed by atoms with Gasteiger partial charge in [-0.2, -0.15) is 5.10 Å². The first-order valence-corrected chi connectivity index (χ1v) is 16.4. The van der Waals surface area contributed by atoms with Crippen LogP contribution in [0.4, 0.5) is 4.39 Å². The van der Waals surface area contributed by atoms with E-state index in [2.05, 4.69) is 0 Å². The summed E-state index contributed by atoms with van der Waals surface area (Å²) in [5.74, 6) is -2.95. The summed E-state index contributed by atoms with van der Waals surface area (Å²) in [6, 6.07) is 8.09. The molecule has 0 aliphatic heterocycles. The first-order chi connectivity index (χ1) is 21.2. The van der Waals surface area contributed by atoms with E-state index in [1.165, 1.54) is 0 Å². The Morgan fingerprint density at radius 1 is 1.09 bits per heavy atom. The molecule has 1 N–H and O–H groups in total. The van der Waals surface area contributed by atoms with Gasteiger partial charge < -0.3 is 14.6 Å². The van der Waals surface area contributed by atoms with Gasteiger partial charge in [-0.1, -0.05) is 57.9 Å². The summed E-state index contributed by atoms with van der Waals surface area (Å²) in [5, 5.41) is 16.9. The lowest BCUT2D eigenvalue weighted by molar-refractivity contribution is -0.234. The van der Waals surface area contributed by atoms with Gasteiger partial charge in [0.05, 0.1) is 17.5 Å². The number of benzene rings is 1. The number of esters is 2. The Morgan fingerprint density at radius 2 is 1.78 bits per heavy atom. The molecule has 1 heterocycles. The highest BCUT2D eigenvalue weighted by Gasteiger charge is 2.77. The van der Waals surface area contributed by atoms with Gasteiger partial charge in [-0.25, -0.2) is 9.07 Å². The standard InChI is InChI=1S/C36H45FN2O6/c1-7-31(42)44-20-30(41)36(45-32(43)8-2)22(4)15-27-26-14-11-24-16-28-23(19-39(38-28)25-12-9-21(3)10-13-25)17-33(24,5)35(26,37)29(40)18-34(27,36)6/h9-10,12-13,16,19,22,26-27,29,40H,7-8,11,14-15,17-18,20H2,1-6H3/t22-,26-,27-,29-,33-,34-,35-,36-/m0/s1. The maximum Gasteiger partial charge on any atom is 0.306 e. The average molecular weight is 621 g/mol. The minimum atomic E-state index is -1.98. The summed E-state index contributed by atoms with van der Waals surface area (Å²) in [5.41, 5.74) is -0.886. The molecule has 45 heavy (non-hydrogen) atoms. The quantitative estimate of drug-likeness (QED) is 0.385. The van der Waals surface area contributed by atoms with Crippen LogP contribution in [0.25, 0.3) is 11.8 Å². The van der Waals surface area contributed by atoms with Crippen LogP contribution in [0.5, 0.6) is 0 Å². The molecule has 3 fully saturated rings.